The van der Waals surface area contributed by atoms with Crippen molar-refractivity contribution >= 4 is 23.2 Å². The third kappa shape index (κ3) is 5.36. The maximum atomic E-state index is 12.0. The highest BCUT2D eigenvalue weighted by molar-refractivity contribution is 6.30. The van der Waals surface area contributed by atoms with Gasteiger partial charge in [0.05, 0.1) is 24.3 Å². The zero-order valence-corrected chi connectivity index (χ0v) is 14.0. The summed E-state index contributed by atoms with van der Waals surface area (Å²) in [5.74, 6) is -0.188. The molecule has 24 heavy (non-hydrogen) atoms. The Bertz CT molecular complexity index is 741. The van der Waals surface area contributed by atoms with Crippen LogP contribution < -0.4 is 5.32 Å². The van der Waals surface area contributed by atoms with Crippen molar-refractivity contribution in [1.29, 1.82) is 5.26 Å². The molecule has 1 unspecified atom stereocenters. The predicted octanol–water partition coefficient (Wildman–Crippen LogP) is 2.82. The Hall–Kier alpha value is -2.39. The molecule has 0 spiro atoms. The summed E-state index contributed by atoms with van der Waals surface area (Å²) >= 11 is 5.88. The van der Waals surface area contributed by atoms with E-state index in [-0.39, 0.29) is 12.5 Å². The van der Waals surface area contributed by atoms with E-state index in [1.165, 1.54) is 0 Å². The molecule has 1 amide bonds. The van der Waals surface area contributed by atoms with E-state index in [9.17, 15) is 9.90 Å². The van der Waals surface area contributed by atoms with Crippen molar-refractivity contribution < 1.29 is 9.90 Å². The highest BCUT2D eigenvalue weighted by atomic mass is 35.5. The number of carbonyl (C=O) groups excluding carboxylic acids is 1. The average Bonchev–Trinajstić information content (AvgIpc) is 2.54. The Labute approximate surface area is 146 Å². The molecule has 1 atom stereocenters. The molecule has 2 rings (SSSR count). The Morgan fingerprint density at radius 2 is 2.04 bits per heavy atom. The summed E-state index contributed by atoms with van der Waals surface area (Å²) in [6, 6.07) is 15.7. The van der Waals surface area contributed by atoms with E-state index >= 15 is 0 Å². The van der Waals surface area contributed by atoms with Crippen LogP contribution >= 0.6 is 11.6 Å². The Balaban J connectivity index is 1.86. The van der Waals surface area contributed by atoms with Gasteiger partial charge < -0.3 is 10.4 Å². The first-order valence-electron chi connectivity index (χ1n) is 7.40. The highest BCUT2D eigenvalue weighted by Gasteiger charge is 2.13. The highest BCUT2D eigenvalue weighted by Crippen LogP contribution is 2.16. The van der Waals surface area contributed by atoms with Crippen LogP contribution in [0.25, 0.3) is 0 Å². The number of hydrogen-bond acceptors (Lipinski definition) is 4. The first-order chi connectivity index (χ1) is 11.5. The van der Waals surface area contributed by atoms with Crippen LogP contribution in [0.1, 0.15) is 17.2 Å². The number of nitrogens with zero attached hydrogens (tertiary/aromatic N) is 2. The van der Waals surface area contributed by atoms with Crippen molar-refractivity contribution in [3.05, 3.63) is 64.7 Å². The summed E-state index contributed by atoms with van der Waals surface area (Å²) in [5.41, 5.74) is 1.88. The van der Waals surface area contributed by atoms with E-state index in [1.807, 2.05) is 6.07 Å². The van der Waals surface area contributed by atoms with Gasteiger partial charge in [-0.1, -0.05) is 29.8 Å². The molecule has 0 heterocycles. The first kappa shape index (κ1) is 18.0. The fourth-order valence-electron chi connectivity index (χ4n) is 2.26. The number of aliphatic hydroxyl groups is 1. The quantitative estimate of drug-likeness (QED) is 0.845. The standard InChI is InChI=1S/C18H18ClN3O2/c1-22(11-17(23)14-7-5-13(10-20)6-8-14)12-18(24)21-16-4-2-3-15(19)9-16/h2-9,17,23H,11-12H2,1H3,(H,21,24). The van der Waals surface area contributed by atoms with E-state index in [4.69, 9.17) is 16.9 Å². The molecule has 0 fully saturated rings. The van der Waals surface area contributed by atoms with Crippen molar-refractivity contribution in [2.45, 2.75) is 6.10 Å². The van der Waals surface area contributed by atoms with Crippen LogP contribution in [0.2, 0.25) is 5.02 Å². The minimum Gasteiger partial charge on any atom is -0.387 e. The number of hydrogen-bond donors (Lipinski definition) is 2. The number of likely N-dealkylation sites (N-methyl/N-ethyl adjacent to an activating group) is 1. The van der Waals surface area contributed by atoms with Crippen molar-refractivity contribution in [3.8, 4) is 6.07 Å². The summed E-state index contributed by atoms with van der Waals surface area (Å²) < 4.78 is 0. The van der Waals surface area contributed by atoms with Gasteiger partial charge in [0, 0.05) is 17.3 Å². The van der Waals surface area contributed by atoms with E-state index in [1.54, 1.807) is 60.5 Å². The molecule has 2 aromatic carbocycles. The van der Waals surface area contributed by atoms with Crippen LogP contribution in [0.3, 0.4) is 0 Å². The lowest BCUT2D eigenvalue weighted by Crippen LogP contribution is -2.33. The van der Waals surface area contributed by atoms with Gasteiger partial charge in [-0.15, -0.1) is 0 Å². The Morgan fingerprint density at radius 3 is 2.67 bits per heavy atom. The molecule has 0 aliphatic carbocycles. The molecule has 2 N–H and O–H groups in total. The molecule has 0 aliphatic heterocycles. The fourth-order valence-corrected chi connectivity index (χ4v) is 2.45. The van der Waals surface area contributed by atoms with Gasteiger partial charge in [0.25, 0.3) is 0 Å². The van der Waals surface area contributed by atoms with Gasteiger partial charge in [-0.05, 0) is 42.9 Å². The number of anilines is 1. The fraction of sp³-hybridized carbons (Fsp3) is 0.222. The third-order valence-electron chi connectivity index (χ3n) is 3.43. The number of amides is 1. The molecular weight excluding hydrogens is 326 g/mol. The number of benzene rings is 2. The normalized spacial score (nSPS) is 11.8. The van der Waals surface area contributed by atoms with E-state index in [0.717, 1.165) is 0 Å². The lowest BCUT2D eigenvalue weighted by molar-refractivity contribution is -0.117. The molecule has 0 bridgehead atoms. The Kier molecular flexibility index (Phi) is 6.33. The largest absolute Gasteiger partial charge is 0.387 e. The number of carbonyl (C=O) groups is 1. The summed E-state index contributed by atoms with van der Waals surface area (Å²) in [4.78, 5) is 13.7. The van der Waals surface area contributed by atoms with Crippen LogP contribution in [0.5, 0.6) is 0 Å². The topological polar surface area (TPSA) is 76.4 Å². The number of rotatable bonds is 6. The van der Waals surface area contributed by atoms with Gasteiger partial charge in [-0.25, -0.2) is 0 Å². The molecule has 0 saturated heterocycles. The Morgan fingerprint density at radius 1 is 1.33 bits per heavy atom. The van der Waals surface area contributed by atoms with Crippen molar-refractivity contribution in [2.75, 3.05) is 25.5 Å². The van der Waals surface area contributed by atoms with Crippen LogP contribution in [-0.2, 0) is 4.79 Å². The molecular formula is C18H18ClN3O2. The summed E-state index contributed by atoms with van der Waals surface area (Å²) in [6.45, 7) is 0.439. The second-order valence-corrected chi connectivity index (χ2v) is 5.94. The van der Waals surface area contributed by atoms with E-state index in [2.05, 4.69) is 5.32 Å². The number of halogens is 1. The second-order valence-electron chi connectivity index (χ2n) is 5.50. The molecule has 2 aromatic rings. The summed E-state index contributed by atoms with van der Waals surface area (Å²) in [5, 5.41) is 22.3. The van der Waals surface area contributed by atoms with Crippen LogP contribution in [0, 0.1) is 11.3 Å². The molecule has 0 aromatic heterocycles. The molecule has 124 valence electrons. The van der Waals surface area contributed by atoms with Gasteiger partial charge in [-0.3, -0.25) is 9.69 Å². The van der Waals surface area contributed by atoms with Crippen LogP contribution in [0.4, 0.5) is 5.69 Å². The average molecular weight is 344 g/mol. The smallest absolute Gasteiger partial charge is 0.238 e. The predicted molar refractivity (Wildman–Crippen MR) is 93.7 cm³/mol. The SMILES string of the molecule is CN(CC(=O)Nc1cccc(Cl)c1)CC(O)c1ccc(C#N)cc1. The summed E-state index contributed by atoms with van der Waals surface area (Å²) in [6.07, 6.45) is -0.735. The second kappa shape index (κ2) is 8.46. The van der Waals surface area contributed by atoms with E-state index in [0.29, 0.717) is 28.4 Å². The minimum absolute atomic E-state index is 0.139. The first-order valence-corrected chi connectivity index (χ1v) is 7.78. The minimum atomic E-state index is -0.735. The molecule has 0 aliphatic rings. The third-order valence-corrected chi connectivity index (χ3v) is 3.67. The van der Waals surface area contributed by atoms with Crippen LogP contribution in [0.15, 0.2) is 48.5 Å². The zero-order valence-electron chi connectivity index (χ0n) is 13.2. The molecule has 6 heteroatoms. The van der Waals surface area contributed by atoms with Gasteiger partial charge in [0.2, 0.25) is 5.91 Å². The van der Waals surface area contributed by atoms with Gasteiger partial charge >= 0.3 is 0 Å². The van der Waals surface area contributed by atoms with Gasteiger partial charge in [-0.2, -0.15) is 5.26 Å². The molecule has 0 saturated carbocycles. The van der Waals surface area contributed by atoms with Crippen molar-refractivity contribution in [3.63, 3.8) is 0 Å². The maximum Gasteiger partial charge on any atom is 0.238 e. The zero-order chi connectivity index (χ0) is 17.5. The monoisotopic (exact) mass is 343 g/mol. The number of nitrogens with one attached hydrogen (secondary N) is 1. The van der Waals surface area contributed by atoms with Gasteiger partial charge in [0.1, 0.15) is 0 Å². The van der Waals surface area contributed by atoms with Crippen LogP contribution in [-0.4, -0.2) is 36.1 Å². The van der Waals surface area contributed by atoms with Gasteiger partial charge in [0.15, 0.2) is 0 Å². The number of aliphatic hydroxyl groups excluding tert-OH is 1. The lowest BCUT2D eigenvalue weighted by Gasteiger charge is -2.20. The summed E-state index contributed by atoms with van der Waals surface area (Å²) in [7, 11) is 1.75. The number of nitriles is 1. The van der Waals surface area contributed by atoms with Crippen molar-refractivity contribution in [2.24, 2.45) is 0 Å². The van der Waals surface area contributed by atoms with Crippen molar-refractivity contribution in [1.82, 2.24) is 4.90 Å². The molecule has 0 radical (unpaired) electrons. The molecule has 5 nitrogen and oxygen atoms in total. The van der Waals surface area contributed by atoms with E-state index < -0.39 is 6.10 Å². The maximum absolute atomic E-state index is 12.0. The lowest BCUT2D eigenvalue weighted by atomic mass is 10.1.